The van der Waals surface area contributed by atoms with Crippen molar-refractivity contribution in [2.75, 3.05) is 6.54 Å². The van der Waals surface area contributed by atoms with Gasteiger partial charge in [-0.15, -0.1) is 0 Å². The van der Waals surface area contributed by atoms with Gasteiger partial charge in [0.1, 0.15) is 5.60 Å². The lowest BCUT2D eigenvalue weighted by molar-refractivity contribution is 0.0225. The summed E-state index contributed by atoms with van der Waals surface area (Å²) < 4.78 is 5.57. The molecular weight excluding hydrogens is 274 g/mol. The minimum absolute atomic E-state index is 0.112. The third-order valence-corrected chi connectivity index (χ3v) is 4.06. The second kappa shape index (κ2) is 5.64. The van der Waals surface area contributed by atoms with Crippen LogP contribution in [-0.4, -0.2) is 23.1 Å². The van der Waals surface area contributed by atoms with Gasteiger partial charge in [0.2, 0.25) is 0 Å². The van der Waals surface area contributed by atoms with Crippen LogP contribution in [0.1, 0.15) is 45.2 Å². The van der Waals surface area contributed by atoms with Gasteiger partial charge in [0.15, 0.2) is 0 Å². The lowest BCUT2D eigenvalue weighted by Gasteiger charge is -2.29. The molecule has 116 valence electrons. The maximum Gasteiger partial charge on any atom is 0.410 e. The van der Waals surface area contributed by atoms with Crippen molar-refractivity contribution in [2.45, 2.75) is 45.3 Å². The van der Waals surface area contributed by atoms with Crippen molar-refractivity contribution < 1.29 is 9.53 Å². The molecule has 1 atom stereocenters. The molecule has 0 N–H and O–H groups in total. The number of fused-ring (bicyclic) bond motifs is 1. The number of ether oxygens (including phenoxy) is 1. The number of rotatable bonds is 1. The summed E-state index contributed by atoms with van der Waals surface area (Å²) in [5, 5.41) is 2.45. The van der Waals surface area contributed by atoms with Gasteiger partial charge in [0.25, 0.3) is 0 Å². The predicted molar refractivity (Wildman–Crippen MR) is 88.9 cm³/mol. The Morgan fingerprint density at radius 1 is 1.14 bits per heavy atom. The molecule has 0 unspecified atom stereocenters. The van der Waals surface area contributed by atoms with Gasteiger partial charge in [-0.05, 0) is 49.9 Å². The second-order valence-electron chi connectivity index (χ2n) is 6.90. The Balaban J connectivity index is 1.94. The van der Waals surface area contributed by atoms with Crippen LogP contribution in [-0.2, 0) is 4.74 Å². The highest BCUT2D eigenvalue weighted by Crippen LogP contribution is 2.36. The molecule has 3 nitrogen and oxygen atoms in total. The van der Waals surface area contributed by atoms with Gasteiger partial charge in [0, 0.05) is 6.54 Å². The normalized spacial score (nSPS) is 18.7. The first kappa shape index (κ1) is 14.9. The molecule has 2 aromatic carbocycles. The molecule has 0 aromatic heterocycles. The molecule has 1 saturated heterocycles. The molecule has 2 aromatic rings. The number of carbonyl (C=O) groups is 1. The lowest BCUT2D eigenvalue weighted by Crippen LogP contribution is -2.36. The van der Waals surface area contributed by atoms with E-state index in [-0.39, 0.29) is 12.1 Å². The largest absolute Gasteiger partial charge is 0.444 e. The van der Waals surface area contributed by atoms with Crippen LogP contribution in [0.5, 0.6) is 0 Å². The summed E-state index contributed by atoms with van der Waals surface area (Å²) in [7, 11) is 0. The Morgan fingerprint density at radius 3 is 2.64 bits per heavy atom. The Labute approximate surface area is 131 Å². The minimum atomic E-state index is -0.455. The van der Waals surface area contributed by atoms with Crippen LogP contribution >= 0.6 is 0 Å². The Bertz CT molecular complexity index is 682. The third kappa shape index (κ3) is 2.94. The van der Waals surface area contributed by atoms with Crippen molar-refractivity contribution in [1.82, 2.24) is 4.90 Å². The Kier molecular flexibility index (Phi) is 3.81. The number of amides is 1. The van der Waals surface area contributed by atoms with E-state index < -0.39 is 5.60 Å². The molecule has 3 heteroatoms. The van der Waals surface area contributed by atoms with Crippen LogP contribution in [0.15, 0.2) is 42.5 Å². The summed E-state index contributed by atoms with van der Waals surface area (Å²) in [6.45, 7) is 6.50. The summed E-state index contributed by atoms with van der Waals surface area (Å²) in [5.74, 6) is 0. The summed E-state index contributed by atoms with van der Waals surface area (Å²) in [6, 6.07) is 14.8. The fraction of sp³-hybridized carbons (Fsp3) is 0.421. The minimum Gasteiger partial charge on any atom is -0.444 e. The van der Waals surface area contributed by atoms with Gasteiger partial charge in [-0.25, -0.2) is 4.79 Å². The lowest BCUT2D eigenvalue weighted by atomic mass is 9.97. The van der Waals surface area contributed by atoms with E-state index in [9.17, 15) is 4.79 Å². The summed E-state index contributed by atoms with van der Waals surface area (Å²) in [4.78, 5) is 14.4. The molecule has 0 bridgehead atoms. The van der Waals surface area contributed by atoms with Gasteiger partial charge in [-0.3, -0.25) is 0 Å². The molecule has 1 amide bonds. The van der Waals surface area contributed by atoms with E-state index in [1.165, 1.54) is 16.3 Å². The second-order valence-corrected chi connectivity index (χ2v) is 6.90. The van der Waals surface area contributed by atoms with E-state index in [1.54, 1.807) is 0 Å². The van der Waals surface area contributed by atoms with Gasteiger partial charge in [-0.1, -0.05) is 42.5 Å². The maximum absolute atomic E-state index is 12.5. The van der Waals surface area contributed by atoms with Crippen molar-refractivity contribution in [3.8, 4) is 0 Å². The van der Waals surface area contributed by atoms with Crippen LogP contribution in [0.4, 0.5) is 4.79 Å². The number of nitrogens with zero attached hydrogens (tertiary/aromatic N) is 1. The number of hydrogen-bond acceptors (Lipinski definition) is 2. The third-order valence-electron chi connectivity index (χ3n) is 4.06. The van der Waals surface area contributed by atoms with E-state index in [0.29, 0.717) is 0 Å². The highest BCUT2D eigenvalue weighted by Gasteiger charge is 2.33. The smallest absolute Gasteiger partial charge is 0.410 e. The first-order chi connectivity index (χ1) is 10.5. The van der Waals surface area contributed by atoms with Crippen molar-refractivity contribution in [1.29, 1.82) is 0 Å². The average molecular weight is 297 g/mol. The van der Waals surface area contributed by atoms with Gasteiger partial charge in [-0.2, -0.15) is 0 Å². The SMILES string of the molecule is CC(C)(C)OC(=O)N1CCC[C@H]1c1cccc2ccccc12. The van der Waals surface area contributed by atoms with Crippen LogP contribution in [0.25, 0.3) is 10.8 Å². The van der Waals surface area contributed by atoms with Crippen LogP contribution in [0.2, 0.25) is 0 Å². The zero-order chi connectivity index (χ0) is 15.7. The molecule has 1 aliphatic heterocycles. The molecule has 0 aliphatic carbocycles. The summed E-state index contributed by atoms with van der Waals surface area (Å²) in [6.07, 6.45) is 1.81. The first-order valence-corrected chi connectivity index (χ1v) is 7.93. The number of benzene rings is 2. The summed E-state index contributed by atoms with van der Waals surface area (Å²) >= 11 is 0. The van der Waals surface area contributed by atoms with E-state index >= 15 is 0 Å². The monoisotopic (exact) mass is 297 g/mol. The average Bonchev–Trinajstić information content (AvgIpc) is 2.94. The first-order valence-electron chi connectivity index (χ1n) is 7.93. The van der Waals surface area contributed by atoms with Gasteiger partial charge >= 0.3 is 6.09 Å². The van der Waals surface area contributed by atoms with Crippen molar-refractivity contribution in [3.63, 3.8) is 0 Å². The molecule has 0 saturated carbocycles. The van der Waals surface area contributed by atoms with Crippen LogP contribution in [0.3, 0.4) is 0 Å². The van der Waals surface area contributed by atoms with Gasteiger partial charge in [0.05, 0.1) is 6.04 Å². The van der Waals surface area contributed by atoms with Crippen molar-refractivity contribution in [3.05, 3.63) is 48.0 Å². The fourth-order valence-electron chi connectivity index (χ4n) is 3.17. The molecule has 1 heterocycles. The number of likely N-dealkylation sites (tertiary alicyclic amines) is 1. The molecule has 3 rings (SSSR count). The maximum atomic E-state index is 12.5. The van der Waals surface area contributed by atoms with Crippen LogP contribution in [0, 0.1) is 0 Å². The zero-order valence-electron chi connectivity index (χ0n) is 13.5. The summed E-state index contributed by atoms with van der Waals surface area (Å²) in [5.41, 5.74) is 0.768. The predicted octanol–water partition coefficient (Wildman–Crippen LogP) is 4.91. The molecule has 0 spiro atoms. The molecule has 1 aliphatic rings. The standard InChI is InChI=1S/C19H23NO2/c1-19(2,3)22-18(21)20-13-7-12-17(20)16-11-6-9-14-8-4-5-10-15(14)16/h4-6,8-11,17H,7,12-13H2,1-3H3/t17-/m0/s1. The number of carbonyl (C=O) groups excluding carboxylic acids is 1. The zero-order valence-corrected chi connectivity index (χ0v) is 13.5. The van der Waals surface area contributed by atoms with Gasteiger partial charge < -0.3 is 9.64 Å². The highest BCUT2D eigenvalue weighted by molar-refractivity contribution is 5.86. The molecular formula is C19H23NO2. The highest BCUT2D eigenvalue weighted by atomic mass is 16.6. The van der Waals surface area contributed by atoms with E-state index in [4.69, 9.17) is 4.74 Å². The molecule has 22 heavy (non-hydrogen) atoms. The van der Waals surface area contributed by atoms with Crippen molar-refractivity contribution in [2.24, 2.45) is 0 Å². The molecule has 0 radical (unpaired) electrons. The quantitative estimate of drug-likeness (QED) is 0.748. The number of hydrogen-bond donors (Lipinski definition) is 0. The van der Waals surface area contributed by atoms with E-state index in [1.807, 2.05) is 31.7 Å². The van der Waals surface area contributed by atoms with Crippen molar-refractivity contribution >= 4 is 16.9 Å². The Hall–Kier alpha value is -2.03. The van der Waals surface area contributed by atoms with E-state index in [2.05, 4.69) is 36.4 Å². The topological polar surface area (TPSA) is 29.5 Å². The van der Waals surface area contributed by atoms with Crippen LogP contribution < -0.4 is 0 Å². The molecule has 1 fully saturated rings. The fourth-order valence-corrected chi connectivity index (χ4v) is 3.17. The van der Waals surface area contributed by atoms with E-state index in [0.717, 1.165) is 19.4 Å². The Morgan fingerprint density at radius 2 is 1.86 bits per heavy atom.